The minimum atomic E-state index is -1.08. The molecule has 3 N–H and O–H groups in total. The average Bonchev–Trinajstić information content (AvgIpc) is 2.27. The summed E-state index contributed by atoms with van der Waals surface area (Å²) in [5.41, 5.74) is 0. The Morgan fingerprint density at radius 3 is 2.35 bits per heavy atom. The molecule has 98 valence electrons. The van der Waals surface area contributed by atoms with E-state index in [0.717, 1.165) is 4.90 Å². The van der Waals surface area contributed by atoms with E-state index in [9.17, 15) is 14.4 Å². The molecule has 3 amide bonds. The topological polar surface area (TPSA) is 98.7 Å². The summed E-state index contributed by atoms with van der Waals surface area (Å²) in [5, 5.41) is 13.6. The molecule has 0 aromatic heterocycles. The standard InChI is InChI=1S/C10H19N3O4/c1-4-5-7(9(15)16)12-10(17)13(3)6-8(14)11-2/h7H,4-6H2,1-3H3,(H,11,14)(H,12,17)(H,15,16)/t7-/m1/s1. The number of carboxylic acid groups (broad SMARTS) is 1. The highest BCUT2D eigenvalue weighted by molar-refractivity contribution is 5.86. The van der Waals surface area contributed by atoms with Crippen LogP contribution < -0.4 is 10.6 Å². The van der Waals surface area contributed by atoms with Gasteiger partial charge >= 0.3 is 12.0 Å². The van der Waals surface area contributed by atoms with Crippen molar-refractivity contribution in [2.24, 2.45) is 0 Å². The van der Waals surface area contributed by atoms with Crippen LogP contribution in [0.4, 0.5) is 4.79 Å². The molecule has 0 bridgehead atoms. The number of likely N-dealkylation sites (N-methyl/N-ethyl adjacent to an activating group) is 2. The van der Waals surface area contributed by atoms with Crippen LogP contribution in [0.25, 0.3) is 0 Å². The lowest BCUT2D eigenvalue weighted by Crippen LogP contribution is -2.48. The number of nitrogens with one attached hydrogen (secondary N) is 2. The largest absolute Gasteiger partial charge is 0.480 e. The molecule has 0 saturated heterocycles. The SMILES string of the molecule is CCC[C@@H](NC(=O)N(C)CC(=O)NC)C(=O)O. The maximum atomic E-state index is 11.6. The van der Waals surface area contributed by atoms with Crippen LogP contribution in [0.1, 0.15) is 19.8 Å². The van der Waals surface area contributed by atoms with Gasteiger partial charge in [-0.1, -0.05) is 13.3 Å². The van der Waals surface area contributed by atoms with Gasteiger partial charge in [-0.2, -0.15) is 0 Å². The average molecular weight is 245 g/mol. The van der Waals surface area contributed by atoms with Crippen LogP contribution in [0.15, 0.2) is 0 Å². The van der Waals surface area contributed by atoms with Crippen LogP contribution in [0, 0.1) is 0 Å². The Labute approximate surface area is 100 Å². The van der Waals surface area contributed by atoms with Crippen molar-refractivity contribution in [3.63, 3.8) is 0 Å². The van der Waals surface area contributed by atoms with Gasteiger partial charge in [0.2, 0.25) is 5.91 Å². The lowest BCUT2D eigenvalue weighted by atomic mass is 10.2. The summed E-state index contributed by atoms with van der Waals surface area (Å²) < 4.78 is 0. The van der Waals surface area contributed by atoms with Crippen LogP contribution in [0.5, 0.6) is 0 Å². The molecule has 0 fully saturated rings. The molecule has 0 aliphatic carbocycles. The van der Waals surface area contributed by atoms with Gasteiger partial charge in [0, 0.05) is 14.1 Å². The van der Waals surface area contributed by atoms with E-state index in [2.05, 4.69) is 10.6 Å². The third kappa shape index (κ3) is 5.74. The third-order valence-corrected chi connectivity index (χ3v) is 2.18. The molecule has 0 spiro atoms. The lowest BCUT2D eigenvalue weighted by molar-refractivity contribution is -0.139. The van der Waals surface area contributed by atoms with Crippen LogP contribution in [0.2, 0.25) is 0 Å². The molecular formula is C10H19N3O4. The van der Waals surface area contributed by atoms with Gasteiger partial charge in [-0.3, -0.25) is 4.79 Å². The highest BCUT2D eigenvalue weighted by atomic mass is 16.4. The number of carbonyl (C=O) groups is 3. The first-order valence-electron chi connectivity index (χ1n) is 5.37. The van der Waals surface area contributed by atoms with Gasteiger partial charge < -0.3 is 20.6 Å². The van der Waals surface area contributed by atoms with Gasteiger partial charge in [-0.15, -0.1) is 0 Å². The number of amides is 3. The molecule has 17 heavy (non-hydrogen) atoms. The molecule has 0 radical (unpaired) electrons. The Kier molecular flexibility index (Phi) is 6.69. The molecule has 0 aliphatic rings. The summed E-state index contributed by atoms with van der Waals surface area (Å²) in [6, 6.07) is -1.49. The van der Waals surface area contributed by atoms with E-state index in [1.807, 2.05) is 6.92 Å². The molecule has 0 unspecified atom stereocenters. The number of hydrogen-bond donors (Lipinski definition) is 3. The molecular weight excluding hydrogens is 226 g/mol. The minimum Gasteiger partial charge on any atom is -0.480 e. The smallest absolute Gasteiger partial charge is 0.326 e. The Hall–Kier alpha value is -1.79. The first kappa shape index (κ1) is 15.2. The first-order chi connectivity index (χ1) is 7.92. The number of carbonyl (C=O) groups excluding carboxylic acids is 2. The van der Waals surface area contributed by atoms with Gasteiger partial charge in [0.1, 0.15) is 12.6 Å². The molecule has 0 rings (SSSR count). The molecule has 0 aromatic rings. The summed E-state index contributed by atoms with van der Waals surface area (Å²) in [5.74, 6) is -1.39. The highest BCUT2D eigenvalue weighted by Gasteiger charge is 2.21. The zero-order chi connectivity index (χ0) is 13.4. The maximum Gasteiger partial charge on any atom is 0.326 e. The van der Waals surface area contributed by atoms with Crippen LogP contribution >= 0.6 is 0 Å². The Balaban J connectivity index is 4.30. The highest BCUT2D eigenvalue weighted by Crippen LogP contribution is 1.98. The van der Waals surface area contributed by atoms with Crippen molar-refractivity contribution >= 4 is 17.9 Å². The second-order valence-corrected chi connectivity index (χ2v) is 3.66. The Morgan fingerprint density at radius 1 is 1.35 bits per heavy atom. The van der Waals surface area contributed by atoms with Gasteiger partial charge in [-0.25, -0.2) is 9.59 Å². The third-order valence-electron chi connectivity index (χ3n) is 2.18. The van der Waals surface area contributed by atoms with Gasteiger partial charge in [0.15, 0.2) is 0 Å². The zero-order valence-corrected chi connectivity index (χ0v) is 10.3. The predicted molar refractivity (Wildman–Crippen MR) is 61.6 cm³/mol. The van der Waals surface area contributed by atoms with E-state index >= 15 is 0 Å². The summed E-state index contributed by atoms with van der Waals surface area (Å²) >= 11 is 0. The van der Waals surface area contributed by atoms with Gasteiger partial charge in [-0.05, 0) is 6.42 Å². The summed E-state index contributed by atoms with van der Waals surface area (Å²) in [6.45, 7) is 1.72. The van der Waals surface area contributed by atoms with Crippen molar-refractivity contribution in [3.8, 4) is 0 Å². The predicted octanol–water partition coefficient (Wildman–Crippen LogP) is -0.373. The number of aliphatic carboxylic acids is 1. The molecule has 7 heteroatoms. The van der Waals surface area contributed by atoms with Gasteiger partial charge in [0.05, 0.1) is 0 Å². The summed E-state index contributed by atoms with van der Waals surface area (Å²) in [6.07, 6.45) is 1.01. The monoisotopic (exact) mass is 245 g/mol. The summed E-state index contributed by atoms with van der Waals surface area (Å²) in [4.78, 5) is 34.5. The van der Waals surface area contributed by atoms with E-state index in [-0.39, 0.29) is 12.5 Å². The van der Waals surface area contributed by atoms with Crippen molar-refractivity contribution in [2.75, 3.05) is 20.6 Å². The molecule has 0 heterocycles. The first-order valence-corrected chi connectivity index (χ1v) is 5.37. The molecule has 0 aromatic carbocycles. The van der Waals surface area contributed by atoms with Crippen molar-refractivity contribution < 1.29 is 19.5 Å². The number of urea groups is 1. The van der Waals surface area contributed by atoms with Crippen molar-refractivity contribution in [3.05, 3.63) is 0 Å². The fourth-order valence-electron chi connectivity index (χ4n) is 1.17. The molecule has 0 aliphatic heterocycles. The zero-order valence-electron chi connectivity index (χ0n) is 10.3. The lowest BCUT2D eigenvalue weighted by Gasteiger charge is -2.20. The molecule has 1 atom stereocenters. The van der Waals surface area contributed by atoms with E-state index in [1.54, 1.807) is 0 Å². The van der Waals surface area contributed by atoms with E-state index in [0.29, 0.717) is 12.8 Å². The van der Waals surface area contributed by atoms with Crippen molar-refractivity contribution in [1.29, 1.82) is 0 Å². The van der Waals surface area contributed by atoms with Crippen LogP contribution in [-0.2, 0) is 9.59 Å². The normalized spacial score (nSPS) is 11.5. The maximum absolute atomic E-state index is 11.6. The number of carboxylic acids is 1. The van der Waals surface area contributed by atoms with Crippen LogP contribution in [0.3, 0.4) is 0 Å². The van der Waals surface area contributed by atoms with E-state index in [4.69, 9.17) is 5.11 Å². The Bertz CT molecular complexity index is 293. The Morgan fingerprint density at radius 2 is 1.94 bits per heavy atom. The van der Waals surface area contributed by atoms with Gasteiger partial charge in [0.25, 0.3) is 0 Å². The van der Waals surface area contributed by atoms with E-state index < -0.39 is 18.0 Å². The fourth-order valence-corrected chi connectivity index (χ4v) is 1.17. The molecule has 7 nitrogen and oxygen atoms in total. The molecule has 0 saturated carbocycles. The second-order valence-electron chi connectivity index (χ2n) is 3.66. The number of hydrogen-bond acceptors (Lipinski definition) is 3. The fraction of sp³-hybridized carbons (Fsp3) is 0.700. The summed E-state index contributed by atoms with van der Waals surface area (Å²) in [7, 11) is 2.89. The van der Waals surface area contributed by atoms with Crippen LogP contribution in [-0.4, -0.2) is 54.6 Å². The number of nitrogens with zero attached hydrogens (tertiary/aromatic N) is 1. The van der Waals surface area contributed by atoms with Crippen molar-refractivity contribution in [1.82, 2.24) is 15.5 Å². The second kappa shape index (κ2) is 7.48. The van der Waals surface area contributed by atoms with E-state index in [1.165, 1.54) is 14.1 Å². The minimum absolute atomic E-state index is 0.110. The quantitative estimate of drug-likeness (QED) is 0.594. The van der Waals surface area contributed by atoms with Crippen molar-refractivity contribution in [2.45, 2.75) is 25.8 Å². The number of rotatable bonds is 6.